The first-order valence-corrected chi connectivity index (χ1v) is 7.25. The predicted octanol–water partition coefficient (Wildman–Crippen LogP) is -0.0377. The van der Waals surface area contributed by atoms with E-state index in [2.05, 4.69) is 10.1 Å². The van der Waals surface area contributed by atoms with Gasteiger partial charge in [0.1, 0.15) is 0 Å². The average Bonchev–Trinajstić information content (AvgIpc) is 2.55. The predicted molar refractivity (Wildman–Crippen MR) is 60.9 cm³/mol. The van der Waals surface area contributed by atoms with Crippen LogP contribution in [-0.4, -0.2) is 45.6 Å². The summed E-state index contributed by atoms with van der Waals surface area (Å²) in [5.41, 5.74) is 0. The van der Waals surface area contributed by atoms with E-state index in [1.807, 2.05) is 6.92 Å². The maximum Gasteiger partial charge on any atom is 0.307 e. The largest absolute Gasteiger partial charge is 0.469 e. The lowest BCUT2D eigenvalue weighted by Crippen LogP contribution is -2.33. The van der Waals surface area contributed by atoms with E-state index in [1.54, 1.807) is 0 Å². The number of hydrogen-bond acceptors (Lipinski definition) is 5. The topological polar surface area (TPSA) is 72.5 Å². The Morgan fingerprint density at radius 3 is 2.75 bits per heavy atom. The highest BCUT2D eigenvalue weighted by Crippen LogP contribution is 2.17. The van der Waals surface area contributed by atoms with Crippen molar-refractivity contribution in [1.29, 1.82) is 0 Å². The molecule has 5 nitrogen and oxygen atoms in total. The number of ether oxygens (including phenoxy) is 1. The Kier molecular flexibility index (Phi) is 4.73. The molecule has 0 aromatic carbocycles. The van der Waals surface area contributed by atoms with Gasteiger partial charge in [0, 0.05) is 6.04 Å². The monoisotopic (exact) mass is 249 g/mol. The summed E-state index contributed by atoms with van der Waals surface area (Å²) in [6.45, 7) is 2.54. The third-order valence-corrected chi connectivity index (χ3v) is 4.62. The maximum absolute atomic E-state index is 11.2. The minimum absolute atomic E-state index is 0.0238. The van der Waals surface area contributed by atoms with Crippen molar-refractivity contribution in [2.45, 2.75) is 25.8 Å². The van der Waals surface area contributed by atoms with Crippen molar-refractivity contribution in [2.75, 3.05) is 25.2 Å². The third-order valence-electron chi connectivity index (χ3n) is 2.78. The lowest BCUT2D eigenvalue weighted by atomic mass is 10.1. The Labute approximate surface area is 96.5 Å². The van der Waals surface area contributed by atoms with Gasteiger partial charge in [-0.15, -0.1) is 0 Å². The molecule has 0 spiro atoms. The zero-order chi connectivity index (χ0) is 12.2. The van der Waals surface area contributed by atoms with Crippen molar-refractivity contribution in [3.05, 3.63) is 0 Å². The number of sulfone groups is 1. The molecule has 0 saturated carbocycles. The van der Waals surface area contributed by atoms with Gasteiger partial charge in [-0.3, -0.25) is 4.79 Å². The summed E-state index contributed by atoms with van der Waals surface area (Å²) in [5, 5.41) is 3.16. The molecule has 16 heavy (non-hydrogen) atoms. The molecule has 0 amide bonds. The molecule has 1 rings (SSSR count). The molecule has 94 valence electrons. The van der Waals surface area contributed by atoms with E-state index in [4.69, 9.17) is 0 Å². The Morgan fingerprint density at radius 2 is 2.25 bits per heavy atom. The molecule has 0 radical (unpaired) electrons. The van der Waals surface area contributed by atoms with Gasteiger partial charge >= 0.3 is 5.97 Å². The number of hydrogen-bond donors (Lipinski definition) is 1. The zero-order valence-corrected chi connectivity index (χ0v) is 10.5. The number of esters is 1. The van der Waals surface area contributed by atoms with Gasteiger partial charge in [-0.1, -0.05) is 0 Å². The Bertz CT molecular complexity index is 339. The number of carbonyl (C=O) groups is 1. The fourth-order valence-corrected chi connectivity index (χ4v) is 3.67. The van der Waals surface area contributed by atoms with Crippen LogP contribution in [-0.2, 0) is 19.4 Å². The van der Waals surface area contributed by atoms with Gasteiger partial charge in [0.25, 0.3) is 0 Å². The van der Waals surface area contributed by atoms with Gasteiger partial charge in [-0.05, 0) is 25.8 Å². The molecule has 0 aromatic rings. The van der Waals surface area contributed by atoms with Crippen LogP contribution >= 0.6 is 0 Å². The fraction of sp³-hybridized carbons (Fsp3) is 0.900. The van der Waals surface area contributed by atoms with Crippen molar-refractivity contribution in [3.8, 4) is 0 Å². The Morgan fingerprint density at radius 1 is 1.56 bits per heavy atom. The standard InChI is InChI=1S/C10H19NO4S/c1-8(5-10(12)15-2)11-6-9-3-4-16(13,14)7-9/h8-9,11H,3-7H2,1-2H3. The van der Waals surface area contributed by atoms with Crippen molar-refractivity contribution in [2.24, 2.45) is 5.92 Å². The smallest absolute Gasteiger partial charge is 0.307 e. The normalized spacial score (nSPS) is 25.2. The van der Waals surface area contributed by atoms with Crippen molar-refractivity contribution < 1.29 is 17.9 Å². The summed E-state index contributed by atoms with van der Waals surface area (Å²) >= 11 is 0. The fourth-order valence-electron chi connectivity index (χ4n) is 1.81. The van der Waals surface area contributed by atoms with Gasteiger partial charge in [0.2, 0.25) is 0 Å². The van der Waals surface area contributed by atoms with Crippen LogP contribution in [0.3, 0.4) is 0 Å². The number of nitrogens with one attached hydrogen (secondary N) is 1. The minimum Gasteiger partial charge on any atom is -0.469 e. The highest BCUT2D eigenvalue weighted by Gasteiger charge is 2.27. The first-order valence-electron chi connectivity index (χ1n) is 5.43. The first-order chi connectivity index (χ1) is 7.43. The van der Waals surface area contributed by atoms with Gasteiger partial charge in [-0.25, -0.2) is 8.42 Å². The summed E-state index contributed by atoms with van der Waals surface area (Å²) < 4.78 is 27.0. The summed E-state index contributed by atoms with van der Waals surface area (Å²) in [4.78, 5) is 11.0. The average molecular weight is 249 g/mol. The second-order valence-electron chi connectivity index (χ2n) is 4.36. The Balaban J connectivity index is 2.23. The Hall–Kier alpha value is -0.620. The van der Waals surface area contributed by atoms with Crippen molar-refractivity contribution >= 4 is 15.8 Å². The second kappa shape index (κ2) is 5.63. The number of carbonyl (C=O) groups excluding carboxylic acids is 1. The zero-order valence-electron chi connectivity index (χ0n) is 9.73. The highest BCUT2D eigenvalue weighted by molar-refractivity contribution is 7.91. The van der Waals surface area contributed by atoms with Crippen LogP contribution in [0.4, 0.5) is 0 Å². The third kappa shape index (κ3) is 4.49. The minimum atomic E-state index is -2.80. The molecule has 1 heterocycles. The number of rotatable bonds is 5. The van der Waals surface area contributed by atoms with Crippen LogP contribution in [0.25, 0.3) is 0 Å². The molecular formula is C10H19NO4S. The van der Waals surface area contributed by atoms with E-state index in [0.717, 1.165) is 6.42 Å². The molecule has 1 saturated heterocycles. The van der Waals surface area contributed by atoms with Crippen molar-refractivity contribution in [1.82, 2.24) is 5.32 Å². The van der Waals surface area contributed by atoms with E-state index in [0.29, 0.717) is 18.7 Å². The lowest BCUT2D eigenvalue weighted by molar-refractivity contribution is -0.141. The van der Waals surface area contributed by atoms with E-state index in [9.17, 15) is 13.2 Å². The molecule has 1 fully saturated rings. The van der Waals surface area contributed by atoms with Crippen LogP contribution in [0.5, 0.6) is 0 Å². The van der Waals surface area contributed by atoms with Crippen LogP contribution in [0.15, 0.2) is 0 Å². The highest BCUT2D eigenvalue weighted by atomic mass is 32.2. The summed E-state index contributed by atoms with van der Waals surface area (Å²) in [5.74, 6) is 0.500. The van der Waals surface area contributed by atoms with Gasteiger partial charge in [0.05, 0.1) is 25.0 Å². The van der Waals surface area contributed by atoms with Crippen molar-refractivity contribution in [3.63, 3.8) is 0 Å². The van der Waals surface area contributed by atoms with Gasteiger partial charge in [-0.2, -0.15) is 0 Å². The molecular weight excluding hydrogens is 230 g/mol. The van der Waals surface area contributed by atoms with E-state index in [-0.39, 0.29) is 23.7 Å². The van der Waals surface area contributed by atoms with Gasteiger partial charge in [0.15, 0.2) is 9.84 Å². The van der Waals surface area contributed by atoms with E-state index < -0.39 is 9.84 Å². The van der Waals surface area contributed by atoms with E-state index >= 15 is 0 Å². The van der Waals surface area contributed by atoms with Crippen LogP contribution in [0.1, 0.15) is 19.8 Å². The molecule has 0 bridgehead atoms. The van der Waals surface area contributed by atoms with Crippen LogP contribution in [0.2, 0.25) is 0 Å². The molecule has 0 aromatic heterocycles. The van der Waals surface area contributed by atoms with Crippen LogP contribution in [0, 0.1) is 5.92 Å². The summed E-state index contributed by atoms with van der Waals surface area (Å²) in [6.07, 6.45) is 1.04. The molecule has 0 aliphatic carbocycles. The van der Waals surface area contributed by atoms with Gasteiger partial charge < -0.3 is 10.1 Å². The molecule has 2 atom stereocenters. The summed E-state index contributed by atoms with van der Waals surface area (Å²) in [6, 6.07) is 0.0238. The second-order valence-corrected chi connectivity index (χ2v) is 6.59. The molecule has 6 heteroatoms. The molecule has 1 aliphatic heterocycles. The first kappa shape index (κ1) is 13.4. The number of methoxy groups -OCH3 is 1. The molecule has 1 aliphatic rings. The quantitative estimate of drug-likeness (QED) is 0.692. The molecule has 1 N–H and O–H groups in total. The SMILES string of the molecule is COC(=O)CC(C)NCC1CCS(=O)(=O)C1. The summed E-state index contributed by atoms with van der Waals surface area (Å²) in [7, 11) is -1.44. The molecule has 2 unspecified atom stereocenters. The lowest BCUT2D eigenvalue weighted by Gasteiger charge is -2.15. The van der Waals surface area contributed by atoms with Crippen LogP contribution < -0.4 is 5.32 Å². The maximum atomic E-state index is 11.2. The van der Waals surface area contributed by atoms with E-state index in [1.165, 1.54) is 7.11 Å².